The lowest BCUT2D eigenvalue weighted by Crippen LogP contribution is -2.50. The summed E-state index contributed by atoms with van der Waals surface area (Å²) in [5.41, 5.74) is 0.870. The van der Waals surface area contributed by atoms with E-state index in [2.05, 4.69) is 4.98 Å². The van der Waals surface area contributed by atoms with E-state index in [0.717, 1.165) is 0 Å². The topological polar surface area (TPSA) is 73.5 Å². The SMILES string of the molecule is CC(=O)N1CCN(C(=O)c2cc(C=O)c[nH]2)CC1. The van der Waals surface area contributed by atoms with Crippen LogP contribution >= 0.6 is 0 Å². The molecule has 1 aliphatic rings. The van der Waals surface area contributed by atoms with E-state index in [0.29, 0.717) is 43.7 Å². The second kappa shape index (κ2) is 5.03. The minimum absolute atomic E-state index is 0.0326. The molecule has 0 aromatic carbocycles. The first-order valence-electron chi connectivity index (χ1n) is 5.80. The number of rotatable bonds is 2. The summed E-state index contributed by atoms with van der Waals surface area (Å²) in [6, 6.07) is 1.53. The molecule has 0 spiro atoms. The molecule has 1 aromatic heterocycles. The van der Waals surface area contributed by atoms with Crippen LogP contribution < -0.4 is 0 Å². The maximum absolute atomic E-state index is 12.1. The first-order valence-corrected chi connectivity index (χ1v) is 5.80. The van der Waals surface area contributed by atoms with Crippen LogP contribution in [-0.4, -0.2) is 59.1 Å². The van der Waals surface area contributed by atoms with Gasteiger partial charge >= 0.3 is 0 Å². The van der Waals surface area contributed by atoms with Crippen LogP contribution in [-0.2, 0) is 4.79 Å². The molecule has 1 N–H and O–H groups in total. The lowest BCUT2D eigenvalue weighted by molar-refractivity contribution is -0.130. The van der Waals surface area contributed by atoms with Crippen molar-refractivity contribution >= 4 is 18.1 Å². The smallest absolute Gasteiger partial charge is 0.270 e. The van der Waals surface area contributed by atoms with Crippen molar-refractivity contribution in [2.75, 3.05) is 26.2 Å². The zero-order valence-corrected chi connectivity index (χ0v) is 10.2. The van der Waals surface area contributed by atoms with Crippen LogP contribution in [0.25, 0.3) is 0 Å². The summed E-state index contributed by atoms with van der Waals surface area (Å²) in [7, 11) is 0. The Bertz CT molecular complexity index is 473. The minimum atomic E-state index is -0.133. The lowest BCUT2D eigenvalue weighted by atomic mass is 10.2. The highest BCUT2D eigenvalue weighted by molar-refractivity contribution is 5.94. The summed E-state index contributed by atoms with van der Waals surface area (Å²) in [5.74, 6) is -0.100. The molecule has 0 atom stereocenters. The van der Waals surface area contributed by atoms with Gasteiger partial charge in [-0.2, -0.15) is 0 Å². The zero-order valence-electron chi connectivity index (χ0n) is 10.2. The normalized spacial score (nSPS) is 15.6. The number of nitrogens with one attached hydrogen (secondary N) is 1. The van der Waals surface area contributed by atoms with Crippen LogP contribution in [0, 0.1) is 0 Å². The Morgan fingerprint density at radius 1 is 1.22 bits per heavy atom. The Balaban J connectivity index is 1.99. The van der Waals surface area contributed by atoms with Gasteiger partial charge in [-0.25, -0.2) is 0 Å². The highest BCUT2D eigenvalue weighted by Crippen LogP contribution is 2.09. The number of carbonyl (C=O) groups excluding carboxylic acids is 3. The fraction of sp³-hybridized carbons (Fsp3) is 0.417. The molecule has 0 saturated carbocycles. The van der Waals surface area contributed by atoms with E-state index in [1.165, 1.54) is 19.2 Å². The maximum atomic E-state index is 12.1. The molecule has 1 aromatic rings. The molecule has 0 unspecified atom stereocenters. The minimum Gasteiger partial charge on any atom is -0.356 e. The standard InChI is InChI=1S/C12H15N3O3/c1-9(17)14-2-4-15(5-3-14)12(18)11-6-10(8-16)7-13-11/h6-8,13H,2-5H2,1H3. The van der Waals surface area contributed by atoms with Gasteiger partial charge in [-0.3, -0.25) is 14.4 Å². The Morgan fingerprint density at radius 2 is 1.83 bits per heavy atom. The molecule has 2 rings (SSSR count). The van der Waals surface area contributed by atoms with Crippen LogP contribution in [0.1, 0.15) is 27.8 Å². The predicted molar refractivity (Wildman–Crippen MR) is 64.3 cm³/mol. The molecule has 1 aliphatic heterocycles. The fourth-order valence-electron chi connectivity index (χ4n) is 2.00. The summed E-state index contributed by atoms with van der Waals surface area (Å²) in [5, 5.41) is 0. The number of carbonyl (C=O) groups is 3. The van der Waals surface area contributed by atoms with Crippen molar-refractivity contribution in [2.24, 2.45) is 0 Å². The third-order valence-electron chi connectivity index (χ3n) is 3.08. The maximum Gasteiger partial charge on any atom is 0.270 e. The van der Waals surface area contributed by atoms with Crippen molar-refractivity contribution in [3.63, 3.8) is 0 Å². The second-order valence-electron chi connectivity index (χ2n) is 4.26. The largest absolute Gasteiger partial charge is 0.356 e. The highest BCUT2D eigenvalue weighted by Gasteiger charge is 2.23. The van der Waals surface area contributed by atoms with Gasteiger partial charge in [0, 0.05) is 44.9 Å². The molecule has 1 saturated heterocycles. The van der Waals surface area contributed by atoms with E-state index in [1.807, 2.05) is 0 Å². The van der Waals surface area contributed by atoms with Crippen molar-refractivity contribution in [1.82, 2.24) is 14.8 Å². The Morgan fingerprint density at radius 3 is 2.33 bits per heavy atom. The van der Waals surface area contributed by atoms with Gasteiger partial charge in [-0.1, -0.05) is 0 Å². The molecule has 1 fully saturated rings. The summed E-state index contributed by atoms with van der Waals surface area (Å²) >= 11 is 0. The Kier molecular flexibility index (Phi) is 3.45. The first-order chi connectivity index (χ1) is 8.61. The van der Waals surface area contributed by atoms with Crippen LogP contribution in [0.5, 0.6) is 0 Å². The molecule has 0 bridgehead atoms. The Hall–Kier alpha value is -2.11. The average molecular weight is 249 g/mol. The van der Waals surface area contributed by atoms with Gasteiger partial charge in [0.15, 0.2) is 6.29 Å². The van der Waals surface area contributed by atoms with Crippen LogP contribution in [0.4, 0.5) is 0 Å². The van der Waals surface area contributed by atoms with Gasteiger partial charge in [-0.05, 0) is 6.07 Å². The molecule has 96 valence electrons. The van der Waals surface area contributed by atoms with Crippen molar-refractivity contribution in [2.45, 2.75) is 6.92 Å². The van der Waals surface area contributed by atoms with E-state index in [1.54, 1.807) is 9.80 Å². The summed E-state index contributed by atoms with van der Waals surface area (Å²) < 4.78 is 0. The second-order valence-corrected chi connectivity index (χ2v) is 4.26. The summed E-state index contributed by atoms with van der Waals surface area (Å²) in [6.07, 6.45) is 2.20. The number of hydrogen-bond acceptors (Lipinski definition) is 3. The number of amides is 2. The average Bonchev–Trinajstić information content (AvgIpc) is 2.86. The molecule has 2 amide bonds. The first kappa shape index (κ1) is 12.3. The number of aldehydes is 1. The van der Waals surface area contributed by atoms with E-state index in [4.69, 9.17) is 0 Å². The highest BCUT2D eigenvalue weighted by atomic mass is 16.2. The molecule has 2 heterocycles. The van der Waals surface area contributed by atoms with E-state index < -0.39 is 0 Å². The van der Waals surface area contributed by atoms with Crippen LogP contribution in [0.3, 0.4) is 0 Å². The monoisotopic (exact) mass is 249 g/mol. The molecule has 6 heteroatoms. The fourth-order valence-corrected chi connectivity index (χ4v) is 2.00. The number of aromatic amines is 1. The zero-order chi connectivity index (χ0) is 13.1. The number of hydrogen-bond donors (Lipinski definition) is 1. The van der Waals surface area contributed by atoms with Gasteiger partial charge in [0.2, 0.25) is 5.91 Å². The molecular weight excluding hydrogens is 234 g/mol. The third-order valence-corrected chi connectivity index (χ3v) is 3.08. The van der Waals surface area contributed by atoms with Crippen molar-refractivity contribution in [1.29, 1.82) is 0 Å². The molecule has 0 aliphatic carbocycles. The quantitative estimate of drug-likeness (QED) is 0.757. The molecule has 0 radical (unpaired) electrons. The number of aromatic nitrogens is 1. The van der Waals surface area contributed by atoms with Gasteiger partial charge in [-0.15, -0.1) is 0 Å². The van der Waals surface area contributed by atoms with Crippen molar-refractivity contribution in [3.05, 3.63) is 23.5 Å². The molecular formula is C12H15N3O3. The Labute approximate surface area is 105 Å². The van der Waals surface area contributed by atoms with E-state index >= 15 is 0 Å². The number of nitrogens with zero attached hydrogens (tertiary/aromatic N) is 2. The van der Waals surface area contributed by atoms with Crippen LogP contribution in [0.15, 0.2) is 12.3 Å². The van der Waals surface area contributed by atoms with E-state index in [9.17, 15) is 14.4 Å². The van der Waals surface area contributed by atoms with Gasteiger partial charge in [0.25, 0.3) is 5.91 Å². The van der Waals surface area contributed by atoms with Crippen LogP contribution in [0.2, 0.25) is 0 Å². The lowest BCUT2D eigenvalue weighted by Gasteiger charge is -2.33. The predicted octanol–water partition coefficient (Wildman–Crippen LogP) is 0.131. The third kappa shape index (κ3) is 2.42. The summed E-state index contributed by atoms with van der Waals surface area (Å²) in [6.45, 7) is 3.69. The van der Waals surface area contributed by atoms with Gasteiger partial charge in [0.1, 0.15) is 5.69 Å². The van der Waals surface area contributed by atoms with Gasteiger partial charge in [0.05, 0.1) is 0 Å². The van der Waals surface area contributed by atoms with Crippen molar-refractivity contribution < 1.29 is 14.4 Å². The van der Waals surface area contributed by atoms with Crippen molar-refractivity contribution in [3.8, 4) is 0 Å². The summed E-state index contributed by atoms with van der Waals surface area (Å²) in [4.78, 5) is 40.0. The molecule has 18 heavy (non-hydrogen) atoms. The van der Waals surface area contributed by atoms with Gasteiger partial charge < -0.3 is 14.8 Å². The van der Waals surface area contributed by atoms with E-state index in [-0.39, 0.29) is 11.8 Å². The number of H-pyrrole nitrogens is 1. The molecule has 6 nitrogen and oxygen atoms in total. The number of piperazine rings is 1.